The predicted molar refractivity (Wildman–Crippen MR) is 86.8 cm³/mol. The third kappa shape index (κ3) is 4.18. The van der Waals surface area contributed by atoms with Crippen molar-refractivity contribution in [2.24, 2.45) is 0 Å². The van der Waals surface area contributed by atoms with Crippen molar-refractivity contribution in [1.82, 2.24) is 24.9 Å². The fourth-order valence-electron chi connectivity index (χ4n) is 2.77. The fraction of sp³-hybridized carbons (Fsp3) is 0.625. The van der Waals surface area contributed by atoms with E-state index in [9.17, 15) is 0 Å². The number of aliphatic hydroxyl groups is 1. The highest BCUT2D eigenvalue weighted by atomic mass is 16.3. The van der Waals surface area contributed by atoms with Gasteiger partial charge in [-0.25, -0.2) is 0 Å². The second-order valence-corrected chi connectivity index (χ2v) is 5.98. The van der Waals surface area contributed by atoms with Gasteiger partial charge in [-0.15, -0.1) is 0 Å². The van der Waals surface area contributed by atoms with Crippen molar-refractivity contribution in [3.05, 3.63) is 34.4 Å². The lowest BCUT2D eigenvalue weighted by atomic mass is 10.1. The highest BCUT2D eigenvalue weighted by Gasteiger charge is 2.09. The van der Waals surface area contributed by atoms with Crippen LogP contribution in [0.4, 0.5) is 0 Å². The van der Waals surface area contributed by atoms with Crippen molar-refractivity contribution < 1.29 is 5.11 Å². The van der Waals surface area contributed by atoms with Crippen LogP contribution in [0.15, 0.2) is 6.20 Å². The van der Waals surface area contributed by atoms with Crippen LogP contribution >= 0.6 is 0 Å². The number of aryl methyl sites for hydroxylation is 3. The summed E-state index contributed by atoms with van der Waals surface area (Å²) in [6, 6.07) is 0. The van der Waals surface area contributed by atoms with Crippen LogP contribution in [-0.2, 0) is 19.5 Å². The lowest BCUT2D eigenvalue weighted by molar-refractivity contribution is 0.269. The molecule has 22 heavy (non-hydrogen) atoms. The summed E-state index contributed by atoms with van der Waals surface area (Å²) in [5.41, 5.74) is 5.91. The molecule has 2 aromatic rings. The summed E-state index contributed by atoms with van der Waals surface area (Å²) >= 11 is 0. The molecule has 0 bridgehead atoms. The number of aromatic nitrogens is 4. The molecule has 0 atom stereocenters. The quantitative estimate of drug-likeness (QED) is 0.777. The Morgan fingerprint density at radius 3 is 2.68 bits per heavy atom. The smallest absolute Gasteiger partial charge is 0.0641 e. The number of hydrogen-bond acceptors (Lipinski definition) is 4. The standard InChI is InChI=1S/C16H27N5O/c1-12-15(11-21(19-12)8-9-22)10-20(4)7-5-6-16-13(2)17-18-14(16)3/h11,22H,5-10H2,1-4H3,(H,17,18). The Morgan fingerprint density at radius 2 is 2.05 bits per heavy atom. The first-order valence-electron chi connectivity index (χ1n) is 7.84. The Morgan fingerprint density at radius 1 is 1.27 bits per heavy atom. The molecule has 0 radical (unpaired) electrons. The molecule has 122 valence electrons. The summed E-state index contributed by atoms with van der Waals surface area (Å²) < 4.78 is 1.82. The summed E-state index contributed by atoms with van der Waals surface area (Å²) in [6.45, 7) is 8.77. The van der Waals surface area contributed by atoms with Crippen LogP contribution in [-0.4, -0.2) is 50.2 Å². The van der Waals surface area contributed by atoms with E-state index >= 15 is 0 Å². The van der Waals surface area contributed by atoms with Crippen LogP contribution in [0.25, 0.3) is 0 Å². The number of nitrogens with one attached hydrogen (secondary N) is 1. The summed E-state index contributed by atoms with van der Waals surface area (Å²) in [4.78, 5) is 2.32. The molecule has 0 saturated heterocycles. The molecule has 0 aliphatic heterocycles. The molecule has 0 aromatic carbocycles. The minimum Gasteiger partial charge on any atom is -0.394 e. The normalized spacial score (nSPS) is 11.5. The van der Waals surface area contributed by atoms with E-state index in [1.165, 1.54) is 16.8 Å². The molecule has 2 rings (SSSR count). The minimum absolute atomic E-state index is 0.125. The van der Waals surface area contributed by atoms with Gasteiger partial charge in [-0.2, -0.15) is 10.2 Å². The maximum Gasteiger partial charge on any atom is 0.0641 e. The van der Waals surface area contributed by atoms with E-state index in [1.54, 1.807) is 0 Å². The van der Waals surface area contributed by atoms with Crippen molar-refractivity contribution in [2.75, 3.05) is 20.2 Å². The number of H-pyrrole nitrogens is 1. The maximum atomic E-state index is 8.97. The van der Waals surface area contributed by atoms with Crippen molar-refractivity contribution in [1.29, 1.82) is 0 Å². The van der Waals surface area contributed by atoms with E-state index in [0.717, 1.165) is 37.3 Å². The van der Waals surface area contributed by atoms with Crippen molar-refractivity contribution >= 4 is 0 Å². The topological polar surface area (TPSA) is 70.0 Å². The highest BCUT2D eigenvalue weighted by Crippen LogP contribution is 2.13. The number of aliphatic hydroxyl groups excluding tert-OH is 1. The molecule has 0 spiro atoms. The van der Waals surface area contributed by atoms with E-state index in [1.807, 2.05) is 17.8 Å². The molecule has 2 aromatic heterocycles. The molecule has 6 heteroatoms. The number of aromatic amines is 1. The van der Waals surface area contributed by atoms with Gasteiger partial charge in [0.2, 0.25) is 0 Å². The van der Waals surface area contributed by atoms with Crippen LogP contribution in [0, 0.1) is 20.8 Å². The fourth-order valence-corrected chi connectivity index (χ4v) is 2.77. The van der Waals surface area contributed by atoms with Gasteiger partial charge in [0, 0.05) is 24.0 Å². The van der Waals surface area contributed by atoms with Gasteiger partial charge in [0.15, 0.2) is 0 Å². The Bertz CT molecular complexity index is 582. The van der Waals surface area contributed by atoms with Crippen LogP contribution in [0.3, 0.4) is 0 Å². The van der Waals surface area contributed by atoms with Gasteiger partial charge in [-0.05, 0) is 52.8 Å². The van der Waals surface area contributed by atoms with Crippen molar-refractivity contribution in [3.63, 3.8) is 0 Å². The van der Waals surface area contributed by atoms with E-state index in [-0.39, 0.29) is 6.61 Å². The first kappa shape index (κ1) is 16.7. The molecule has 0 amide bonds. The molecule has 2 N–H and O–H groups in total. The van der Waals surface area contributed by atoms with Gasteiger partial charge < -0.3 is 10.0 Å². The second kappa shape index (κ2) is 7.56. The van der Waals surface area contributed by atoms with Crippen molar-refractivity contribution in [3.8, 4) is 0 Å². The van der Waals surface area contributed by atoms with Gasteiger partial charge in [-0.3, -0.25) is 9.78 Å². The lowest BCUT2D eigenvalue weighted by Crippen LogP contribution is -2.20. The SMILES string of the molecule is Cc1nn(CCO)cc1CN(C)CCCc1c(C)n[nH]c1C. The first-order valence-corrected chi connectivity index (χ1v) is 7.84. The zero-order valence-electron chi connectivity index (χ0n) is 14.1. The molecule has 0 fully saturated rings. The summed E-state index contributed by atoms with van der Waals surface area (Å²) in [5.74, 6) is 0. The van der Waals surface area contributed by atoms with E-state index < -0.39 is 0 Å². The van der Waals surface area contributed by atoms with Crippen LogP contribution < -0.4 is 0 Å². The third-order valence-corrected chi connectivity index (χ3v) is 4.06. The molecule has 0 unspecified atom stereocenters. The van der Waals surface area contributed by atoms with Gasteiger partial charge in [0.05, 0.1) is 24.5 Å². The van der Waals surface area contributed by atoms with Gasteiger partial charge in [0.1, 0.15) is 0 Å². The lowest BCUT2D eigenvalue weighted by Gasteiger charge is -2.16. The average Bonchev–Trinajstić information content (AvgIpc) is 2.96. The average molecular weight is 305 g/mol. The van der Waals surface area contributed by atoms with E-state index in [4.69, 9.17) is 5.11 Å². The Labute approximate surface area is 132 Å². The number of rotatable bonds is 8. The first-order chi connectivity index (χ1) is 10.5. The van der Waals surface area contributed by atoms with E-state index in [0.29, 0.717) is 6.54 Å². The Hall–Kier alpha value is -1.66. The van der Waals surface area contributed by atoms with Crippen LogP contribution in [0.2, 0.25) is 0 Å². The van der Waals surface area contributed by atoms with Gasteiger partial charge >= 0.3 is 0 Å². The summed E-state index contributed by atoms with van der Waals surface area (Å²) in [7, 11) is 2.14. The van der Waals surface area contributed by atoms with Gasteiger partial charge in [-0.1, -0.05) is 0 Å². The highest BCUT2D eigenvalue weighted by molar-refractivity contribution is 5.23. The third-order valence-electron chi connectivity index (χ3n) is 4.06. The second-order valence-electron chi connectivity index (χ2n) is 5.98. The summed E-state index contributed by atoms with van der Waals surface area (Å²) in [6.07, 6.45) is 4.20. The zero-order chi connectivity index (χ0) is 16.1. The monoisotopic (exact) mass is 305 g/mol. The molecular formula is C16H27N5O. The molecule has 0 aliphatic rings. The molecule has 2 heterocycles. The van der Waals surface area contributed by atoms with Crippen LogP contribution in [0.1, 0.15) is 34.6 Å². The Balaban J connectivity index is 1.82. The zero-order valence-corrected chi connectivity index (χ0v) is 14.1. The van der Waals surface area contributed by atoms with Crippen molar-refractivity contribution in [2.45, 2.75) is 46.7 Å². The minimum atomic E-state index is 0.125. The largest absolute Gasteiger partial charge is 0.394 e. The van der Waals surface area contributed by atoms with Crippen LogP contribution in [0.5, 0.6) is 0 Å². The number of nitrogens with zero attached hydrogens (tertiary/aromatic N) is 4. The van der Waals surface area contributed by atoms with Gasteiger partial charge in [0.25, 0.3) is 0 Å². The molecule has 0 aliphatic carbocycles. The maximum absolute atomic E-state index is 8.97. The predicted octanol–water partition coefficient (Wildman–Crippen LogP) is 1.59. The molecular weight excluding hydrogens is 278 g/mol. The molecule has 0 saturated carbocycles. The molecule has 6 nitrogen and oxygen atoms in total. The van der Waals surface area contributed by atoms with E-state index in [2.05, 4.69) is 41.1 Å². The Kier molecular flexibility index (Phi) is 5.74. The summed E-state index contributed by atoms with van der Waals surface area (Å²) in [5, 5.41) is 20.7. The number of hydrogen-bond donors (Lipinski definition) is 2.